The number of piperidine rings is 1. The number of rotatable bonds is 3. The number of hydrogen-bond acceptors (Lipinski definition) is 4. The lowest BCUT2D eigenvalue weighted by molar-refractivity contribution is -0.117. The molecule has 3 rings (SSSR count). The van der Waals surface area contributed by atoms with Crippen molar-refractivity contribution in [3.05, 3.63) is 18.2 Å². The third kappa shape index (κ3) is 3.77. The number of amides is 2. The Balaban J connectivity index is 1.60. The fraction of sp³-hybridized carbons (Fsp3) is 0.467. The minimum absolute atomic E-state index is 0.00526. The maximum Gasteiger partial charge on any atom is 0.234 e. The van der Waals surface area contributed by atoms with E-state index in [1.165, 1.54) is 11.8 Å². The van der Waals surface area contributed by atoms with Gasteiger partial charge in [-0.1, -0.05) is 0 Å². The molecule has 0 saturated carbocycles. The van der Waals surface area contributed by atoms with Gasteiger partial charge in [0.05, 0.1) is 11.4 Å². The lowest BCUT2D eigenvalue weighted by Gasteiger charge is -2.22. The summed E-state index contributed by atoms with van der Waals surface area (Å²) in [6.07, 6.45) is 2.69. The molecule has 0 spiro atoms. The number of nitrogens with one attached hydrogen (secondary N) is 3. The van der Waals surface area contributed by atoms with Crippen LogP contribution in [0, 0.1) is 5.92 Å². The summed E-state index contributed by atoms with van der Waals surface area (Å²) in [5.41, 5.74) is 1.53. The fourth-order valence-electron chi connectivity index (χ4n) is 2.72. The van der Waals surface area contributed by atoms with Crippen LogP contribution in [0.25, 0.3) is 0 Å². The number of carbonyl (C=O) groups is 2. The van der Waals surface area contributed by atoms with Crippen LogP contribution in [0.15, 0.2) is 23.1 Å². The highest BCUT2D eigenvalue weighted by Crippen LogP contribution is 2.33. The van der Waals surface area contributed by atoms with Gasteiger partial charge in [0.25, 0.3) is 0 Å². The van der Waals surface area contributed by atoms with Gasteiger partial charge in [-0.15, -0.1) is 11.8 Å². The molecule has 1 fully saturated rings. The Kier molecular flexibility index (Phi) is 4.45. The van der Waals surface area contributed by atoms with Crippen molar-refractivity contribution in [2.45, 2.75) is 24.2 Å². The molecule has 0 aliphatic carbocycles. The summed E-state index contributed by atoms with van der Waals surface area (Å²) in [5.74, 6) is 0.982. The van der Waals surface area contributed by atoms with Gasteiger partial charge >= 0.3 is 0 Å². The third-order valence-corrected chi connectivity index (χ3v) is 4.90. The van der Waals surface area contributed by atoms with Crippen LogP contribution in [0.1, 0.15) is 19.3 Å². The van der Waals surface area contributed by atoms with Gasteiger partial charge in [-0.2, -0.15) is 0 Å². The largest absolute Gasteiger partial charge is 0.326 e. The number of fused-ring (bicyclic) bond motifs is 1. The molecule has 2 aliphatic rings. The van der Waals surface area contributed by atoms with Gasteiger partial charge in [-0.3, -0.25) is 9.59 Å². The van der Waals surface area contributed by atoms with E-state index in [1.807, 2.05) is 18.2 Å². The molecule has 112 valence electrons. The molecule has 2 amide bonds. The minimum Gasteiger partial charge on any atom is -0.326 e. The topological polar surface area (TPSA) is 70.2 Å². The highest BCUT2D eigenvalue weighted by Gasteiger charge is 2.18. The van der Waals surface area contributed by atoms with Crippen LogP contribution in [0.5, 0.6) is 0 Å². The molecule has 3 N–H and O–H groups in total. The molecule has 0 aromatic heterocycles. The van der Waals surface area contributed by atoms with Crippen molar-refractivity contribution in [2.24, 2.45) is 5.92 Å². The van der Waals surface area contributed by atoms with Gasteiger partial charge in [-0.25, -0.2) is 0 Å². The molecular weight excluding hydrogens is 286 g/mol. The first kappa shape index (κ1) is 14.4. The van der Waals surface area contributed by atoms with Crippen molar-refractivity contribution in [1.82, 2.24) is 5.32 Å². The van der Waals surface area contributed by atoms with E-state index >= 15 is 0 Å². The van der Waals surface area contributed by atoms with Gasteiger partial charge in [0.1, 0.15) is 0 Å². The molecule has 0 bridgehead atoms. The van der Waals surface area contributed by atoms with Gasteiger partial charge in [0, 0.05) is 17.0 Å². The Morgan fingerprint density at radius 3 is 2.95 bits per heavy atom. The summed E-state index contributed by atoms with van der Waals surface area (Å²) in [4.78, 5) is 24.5. The summed E-state index contributed by atoms with van der Waals surface area (Å²) < 4.78 is 0. The lowest BCUT2D eigenvalue weighted by atomic mass is 9.94. The van der Waals surface area contributed by atoms with Crippen molar-refractivity contribution in [1.29, 1.82) is 0 Å². The zero-order valence-electron chi connectivity index (χ0n) is 11.8. The molecule has 1 aromatic rings. The van der Waals surface area contributed by atoms with Gasteiger partial charge in [0.15, 0.2) is 0 Å². The second-order valence-corrected chi connectivity index (χ2v) is 6.51. The van der Waals surface area contributed by atoms with Gasteiger partial charge in [0.2, 0.25) is 11.8 Å². The highest BCUT2D eigenvalue weighted by molar-refractivity contribution is 8.00. The molecule has 2 heterocycles. The molecule has 1 saturated heterocycles. The zero-order chi connectivity index (χ0) is 14.7. The Morgan fingerprint density at radius 1 is 1.33 bits per heavy atom. The van der Waals surface area contributed by atoms with Crippen LogP contribution in [-0.4, -0.2) is 30.7 Å². The number of hydrogen-bond donors (Lipinski definition) is 3. The Bertz CT molecular complexity index is 556. The predicted molar refractivity (Wildman–Crippen MR) is 84.6 cm³/mol. The van der Waals surface area contributed by atoms with E-state index in [0.29, 0.717) is 18.1 Å². The van der Waals surface area contributed by atoms with Crippen LogP contribution in [0.2, 0.25) is 0 Å². The lowest BCUT2D eigenvalue weighted by Crippen LogP contribution is -2.30. The number of carbonyl (C=O) groups excluding carboxylic acids is 2. The average molecular weight is 305 g/mol. The normalized spacial score (nSPS) is 18.8. The minimum atomic E-state index is 0.00526. The summed E-state index contributed by atoms with van der Waals surface area (Å²) in [6.45, 7) is 2.00. The summed E-state index contributed by atoms with van der Waals surface area (Å²) in [7, 11) is 0. The second-order valence-electron chi connectivity index (χ2n) is 5.49. The van der Waals surface area contributed by atoms with Crippen molar-refractivity contribution in [3.63, 3.8) is 0 Å². The number of benzene rings is 1. The summed E-state index contributed by atoms with van der Waals surface area (Å²) in [5, 5.41) is 9.07. The van der Waals surface area contributed by atoms with Gasteiger partial charge < -0.3 is 16.0 Å². The van der Waals surface area contributed by atoms with Crippen molar-refractivity contribution >= 4 is 35.0 Å². The fourth-order valence-corrected chi connectivity index (χ4v) is 3.51. The number of thioether (sulfide) groups is 1. The van der Waals surface area contributed by atoms with E-state index in [1.54, 1.807) is 0 Å². The van der Waals surface area contributed by atoms with Crippen molar-refractivity contribution < 1.29 is 9.59 Å². The van der Waals surface area contributed by atoms with Gasteiger partial charge in [-0.05, 0) is 50.0 Å². The third-order valence-electron chi connectivity index (χ3n) is 3.83. The summed E-state index contributed by atoms with van der Waals surface area (Å²) in [6, 6.07) is 5.67. The van der Waals surface area contributed by atoms with Crippen LogP contribution >= 0.6 is 11.8 Å². The van der Waals surface area contributed by atoms with E-state index in [4.69, 9.17) is 0 Å². The van der Waals surface area contributed by atoms with E-state index in [-0.39, 0.29) is 11.8 Å². The average Bonchev–Trinajstić information content (AvgIpc) is 2.47. The van der Waals surface area contributed by atoms with Crippen molar-refractivity contribution in [2.75, 3.05) is 29.5 Å². The van der Waals surface area contributed by atoms with Crippen LogP contribution in [0.3, 0.4) is 0 Å². The molecule has 2 aliphatic heterocycles. The Labute approximate surface area is 128 Å². The monoisotopic (exact) mass is 305 g/mol. The standard InChI is InChI=1S/C15H19N3O2S/c19-14(7-10-3-5-16-6-4-10)17-11-1-2-13-12(8-11)18-15(20)9-21-13/h1-2,8,10,16H,3-7,9H2,(H,17,19)(H,18,20). The molecular formula is C15H19N3O2S. The number of anilines is 2. The molecule has 1 aromatic carbocycles. The van der Waals surface area contributed by atoms with E-state index in [2.05, 4.69) is 16.0 Å². The molecule has 21 heavy (non-hydrogen) atoms. The van der Waals surface area contributed by atoms with Crippen LogP contribution in [-0.2, 0) is 9.59 Å². The smallest absolute Gasteiger partial charge is 0.234 e. The summed E-state index contributed by atoms with van der Waals surface area (Å²) >= 11 is 1.52. The van der Waals surface area contributed by atoms with Crippen LogP contribution in [0.4, 0.5) is 11.4 Å². The predicted octanol–water partition coefficient (Wildman–Crippen LogP) is 2.06. The van der Waals surface area contributed by atoms with Crippen molar-refractivity contribution in [3.8, 4) is 0 Å². The second kappa shape index (κ2) is 6.49. The molecule has 0 unspecified atom stereocenters. The maximum atomic E-state index is 12.1. The zero-order valence-corrected chi connectivity index (χ0v) is 12.6. The van der Waals surface area contributed by atoms with E-state index < -0.39 is 0 Å². The SMILES string of the molecule is O=C(CC1CCNCC1)Nc1ccc2c(c1)NC(=O)CS2. The Morgan fingerprint density at radius 2 is 2.14 bits per heavy atom. The van der Waals surface area contributed by atoms with E-state index in [0.717, 1.165) is 42.2 Å². The highest BCUT2D eigenvalue weighted by atomic mass is 32.2. The molecule has 6 heteroatoms. The van der Waals surface area contributed by atoms with Crippen LogP contribution < -0.4 is 16.0 Å². The first-order chi connectivity index (χ1) is 10.2. The molecule has 0 radical (unpaired) electrons. The van der Waals surface area contributed by atoms with E-state index in [9.17, 15) is 9.59 Å². The molecule has 5 nitrogen and oxygen atoms in total. The molecule has 0 atom stereocenters. The quantitative estimate of drug-likeness (QED) is 0.799. The Hall–Kier alpha value is -1.53. The first-order valence-corrected chi connectivity index (χ1v) is 8.26. The maximum absolute atomic E-state index is 12.1. The first-order valence-electron chi connectivity index (χ1n) is 7.28.